The molecular formula is C19H21N5O3. The Labute approximate surface area is 156 Å². The number of esters is 1. The van der Waals surface area contributed by atoms with E-state index in [0.29, 0.717) is 17.4 Å². The molecule has 140 valence electrons. The van der Waals surface area contributed by atoms with Gasteiger partial charge in [0, 0.05) is 17.6 Å². The normalized spacial score (nSPS) is 12.0. The summed E-state index contributed by atoms with van der Waals surface area (Å²) in [6.45, 7) is 5.67. The molecule has 3 rings (SSSR count). The molecule has 1 N–H and O–H groups in total. The number of benzene rings is 1. The van der Waals surface area contributed by atoms with Gasteiger partial charge in [0.1, 0.15) is 0 Å². The van der Waals surface area contributed by atoms with Gasteiger partial charge >= 0.3 is 5.97 Å². The molecule has 0 aliphatic rings. The second-order valence-corrected chi connectivity index (χ2v) is 6.29. The Bertz CT molecular complexity index is 965. The summed E-state index contributed by atoms with van der Waals surface area (Å²) in [6, 6.07) is 9.37. The number of aromatic nitrogens is 4. The van der Waals surface area contributed by atoms with Crippen molar-refractivity contribution < 1.29 is 14.3 Å². The van der Waals surface area contributed by atoms with Crippen LogP contribution in [0.15, 0.2) is 36.5 Å². The Hall–Kier alpha value is -3.29. The average Bonchev–Trinajstić information content (AvgIpc) is 3.12. The number of carbonyl (C=O) groups is 2. The van der Waals surface area contributed by atoms with Gasteiger partial charge in [0.25, 0.3) is 17.5 Å². The number of hydrogen-bond acceptors (Lipinski definition) is 6. The van der Waals surface area contributed by atoms with E-state index in [-0.39, 0.29) is 5.82 Å². The van der Waals surface area contributed by atoms with Crippen molar-refractivity contribution in [2.75, 3.05) is 11.9 Å². The van der Waals surface area contributed by atoms with Gasteiger partial charge in [-0.25, -0.2) is 14.3 Å². The largest absolute Gasteiger partial charge is 0.450 e. The van der Waals surface area contributed by atoms with E-state index in [4.69, 9.17) is 4.74 Å². The number of ether oxygens (including phenoxy) is 1. The molecule has 0 radical (unpaired) electrons. The first-order valence-corrected chi connectivity index (χ1v) is 8.73. The average molecular weight is 367 g/mol. The van der Waals surface area contributed by atoms with Gasteiger partial charge in [0.15, 0.2) is 6.61 Å². The number of anilines is 1. The van der Waals surface area contributed by atoms with Gasteiger partial charge in [-0.05, 0) is 43.0 Å². The summed E-state index contributed by atoms with van der Waals surface area (Å²) in [5.74, 6) is -0.582. The minimum absolute atomic E-state index is 0.137. The van der Waals surface area contributed by atoms with Crippen LogP contribution in [0, 0.1) is 6.92 Å². The molecule has 1 atom stereocenters. The van der Waals surface area contributed by atoms with Crippen molar-refractivity contribution in [3.8, 4) is 0 Å². The van der Waals surface area contributed by atoms with Crippen molar-refractivity contribution >= 4 is 23.3 Å². The fourth-order valence-electron chi connectivity index (χ4n) is 2.52. The van der Waals surface area contributed by atoms with Crippen molar-refractivity contribution in [2.24, 2.45) is 0 Å². The lowest BCUT2D eigenvalue weighted by Gasteiger charge is -2.10. The monoisotopic (exact) mass is 367 g/mol. The Morgan fingerprint density at radius 2 is 1.96 bits per heavy atom. The highest BCUT2D eigenvalue weighted by Crippen LogP contribution is 2.20. The van der Waals surface area contributed by atoms with Crippen LogP contribution >= 0.6 is 0 Å². The second kappa shape index (κ2) is 7.94. The summed E-state index contributed by atoms with van der Waals surface area (Å²) in [5.41, 5.74) is 2.64. The summed E-state index contributed by atoms with van der Waals surface area (Å²) in [4.78, 5) is 32.1. The molecule has 0 saturated heterocycles. The number of hydrogen-bond donors (Lipinski definition) is 1. The molecule has 2 aromatic heterocycles. The Morgan fingerprint density at radius 1 is 1.22 bits per heavy atom. The molecule has 1 amide bonds. The Balaban J connectivity index is 1.56. The van der Waals surface area contributed by atoms with Crippen molar-refractivity contribution in [1.82, 2.24) is 19.6 Å². The van der Waals surface area contributed by atoms with E-state index >= 15 is 0 Å². The van der Waals surface area contributed by atoms with Crippen LogP contribution in [0.2, 0.25) is 0 Å². The van der Waals surface area contributed by atoms with Crippen LogP contribution < -0.4 is 5.32 Å². The molecule has 27 heavy (non-hydrogen) atoms. The zero-order valence-electron chi connectivity index (χ0n) is 15.5. The fourth-order valence-corrected chi connectivity index (χ4v) is 2.52. The maximum absolute atomic E-state index is 12.1. The highest BCUT2D eigenvalue weighted by Gasteiger charge is 2.17. The lowest BCUT2D eigenvalue weighted by atomic mass is 9.99. The second-order valence-electron chi connectivity index (χ2n) is 6.29. The van der Waals surface area contributed by atoms with Crippen LogP contribution in [-0.4, -0.2) is 38.1 Å². The predicted octanol–water partition coefficient (Wildman–Crippen LogP) is 2.74. The molecule has 3 aromatic rings. The Morgan fingerprint density at radius 3 is 2.63 bits per heavy atom. The van der Waals surface area contributed by atoms with E-state index < -0.39 is 18.5 Å². The molecule has 2 heterocycles. The Kier molecular flexibility index (Phi) is 5.44. The van der Waals surface area contributed by atoms with Crippen LogP contribution in [-0.2, 0) is 9.53 Å². The van der Waals surface area contributed by atoms with Crippen LogP contribution in [0.1, 0.15) is 48.1 Å². The van der Waals surface area contributed by atoms with Crippen LogP contribution in [0.25, 0.3) is 5.78 Å². The summed E-state index contributed by atoms with van der Waals surface area (Å²) in [7, 11) is 0. The maximum Gasteiger partial charge on any atom is 0.378 e. The number of aryl methyl sites for hydroxylation is 1. The molecule has 0 spiro atoms. The number of nitrogens with one attached hydrogen (secondary N) is 1. The smallest absolute Gasteiger partial charge is 0.378 e. The van der Waals surface area contributed by atoms with E-state index in [1.807, 2.05) is 31.2 Å². The first kappa shape index (κ1) is 18.5. The molecular weight excluding hydrogens is 346 g/mol. The topological polar surface area (TPSA) is 98.5 Å². The zero-order chi connectivity index (χ0) is 19.4. The third kappa shape index (κ3) is 4.28. The van der Waals surface area contributed by atoms with Crippen molar-refractivity contribution in [3.63, 3.8) is 0 Å². The number of carbonyl (C=O) groups excluding carboxylic acids is 2. The standard InChI is InChI=1S/C19H21N5O3/c1-4-12(2)14-5-7-15(8-6-14)21-16(25)11-27-18(26)17-22-19-20-10-9-13(3)24(19)23-17/h5-10,12H,4,11H2,1-3H3,(H,21,25)/t12-/m1/s1. The quantitative estimate of drug-likeness (QED) is 0.673. The van der Waals surface area contributed by atoms with Crippen LogP contribution in [0.3, 0.4) is 0 Å². The van der Waals surface area contributed by atoms with Crippen molar-refractivity contribution in [3.05, 3.63) is 53.6 Å². The summed E-state index contributed by atoms with van der Waals surface area (Å²) < 4.78 is 6.43. The molecule has 1 aromatic carbocycles. The van der Waals surface area contributed by atoms with Gasteiger partial charge in [-0.1, -0.05) is 26.0 Å². The van der Waals surface area contributed by atoms with E-state index in [9.17, 15) is 9.59 Å². The molecule has 8 heteroatoms. The van der Waals surface area contributed by atoms with Crippen LogP contribution in [0.5, 0.6) is 0 Å². The SMILES string of the molecule is CC[C@@H](C)c1ccc(NC(=O)COC(=O)c2nc3nccc(C)n3n2)cc1. The zero-order valence-corrected chi connectivity index (χ0v) is 15.5. The molecule has 0 bridgehead atoms. The van der Waals surface area contributed by atoms with Crippen LogP contribution in [0.4, 0.5) is 5.69 Å². The predicted molar refractivity (Wildman–Crippen MR) is 99.6 cm³/mol. The number of fused-ring (bicyclic) bond motifs is 1. The summed E-state index contributed by atoms with van der Waals surface area (Å²) in [6.07, 6.45) is 2.63. The molecule has 0 fully saturated rings. The first-order valence-electron chi connectivity index (χ1n) is 8.73. The van der Waals surface area contributed by atoms with E-state index in [1.165, 1.54) is 10.1 Å². The summed E-state index contributed by atoms with van der Waals surface area (Å²) >= 11 is 0. The van der Waals surface area contributed by atoms with Gasteiger partial charge < -0.3 is 10.1 Å². The molecule has 8 nitrogen and oxygen atoms in total. The fraction of sp³-hybridized carbons (Fsp3) is 0.316. The van der Waals surface area contributed by atoms with Gasteiger partial charge in [-0.2, -0.15) is 4.98 Å². The maximum atomic E-state index is 12.1. The van der Waals surface area contributed by atoms with Gasteiger partial charge in [-0.3, -0.25) is 4.79 Å². The highest BCUT2D eigenvalue weighted by atomic mass is 16.5. The number of rotatable bonds is 6. The molecule has 0 aliphatic carbocycles. The number of nitrogens with zero attached hydrogens (tertiary/aromatic N) is 4. The summed E-state index contributed by atoms with van der Waals surface area (Å²) in [5, 5.41) is 6.74. The molecule has 0 saturated carbocycles. The number of amides is 1. The van der Waals surface area contributed by atoms with Gasteiger partial charge in [-0.15, -0.1) is 5.10 Å². The lowest BCUT2D eigenvalue weighted by Crippen LogP contribution is -2.21. The van der Waals surface area contributed by atoms with E-state index in [0.717, 1.165) is 12.1 Å². The van der Waals surface area contributed by atoms with Gasteiger partial charge in [0.05, 0.1) is 0 Å². The van der Waals surface area contributed by atoms with Crippen molar-refractivity contribution in [1.29, 1.82) is 0 Å². The van der Waals surface area contributed by atoms with Gasteiger partial charge in [0.2, 0.25) is 0 Å². The van der Waals surface area contributed by atoms with E-state index in [1.54, 1.807) is 12.3 Å². The minimum atomic E-state index is -0.776. The lowest BCUT2D eigenvalue weighted by molar-refractivity contribution is -0.119. The third-order valence-electron chi connectivity index (χ3n) is 4.32. The first-order chi connectivity index (χ1) is 13.0. The highest BCUT2D eigenvalue weighted by molar-refractivity contribution is 5.94. The van der Waals surface area contributed by atoms with E-state index in [2.05, 4.69) is 34.2 Å². The van der Waals surface area contributed by atoms with Crippen molar-refractivity contribution in [2.45, 2.75) is 33.1 Å². The molecule has 0 aliphatic heterocycles. The molecule has 0 unspecified atom stereocenters. The minimum Gasteiger partial charge on any atom is -0.450 e. The third-order valence-corrected chi connectivity index (χ3v) is 4.32.